The average molecular weight is 467 g/mol. The van der Waals surface area contributed by atoms with E-state index in [-0.39, 0.29) is 5.82 Å². The maximum Gasteiger partial charge on any atom is 0.228 e. The van der Waals surface area contributed by atoms with Gasteiger partial charge in [0.15, 0.2) is 5.16 Å². The molecule has 3 aromatic rings. The number of anilines is 1. The van der Waals surface area contributed by atoms with Crippen molar-refractivity contribution < 1.29 is 13.9 Å². The molecule has 6 rings (SSSR count). The molecule has 0 amide bonds. The van der Waals surface area contributed by atoms with Crippen molar-refractivity contribution >= 4 is 17.7 Å². The second-order valence-corrected chi connectivity index (χ2v) is 9.89. The number of hydrogen-bond donors (Lipinski definition) is 0. The van der Waals surface area contributed by atoms with Crippen LogP contribution in [0.5, 0.6) is 5.75 Å². The van der Waals surface area contributed by atoms with Crippen LogP contribution in [0.3, 0.4) is 0 Å². The first-order valence-corrected chi connectivity index (χ1v) is 12.7. The van der Waals surface area contributed by atoms with Crippen LogP contribution in [0.4, 0.5) is 10.3 Å². The molecule has 3 aliphatic rings. The van der Waals surface area contributed by atoms with Gasteiger partial charge in [-0.3, -0.25) is 4.57 Å². The van der Waals surface area contributed by atoms with Crippen molar-refractivity contribution in [3.8, 4) is 5.75 Å². The van der Waals surface area contributed by atoms with Crippen molar-refractivity contribution in [3.63, 3.8) is 0 Å². The molecule has 1 saturated heterocycles. The third-order valence-electron chi connectivity index (χ3n) is 6.45. The SMILES string of the molecule is Fc1cc2c(c(CSc3nnc(N4CCCCC4)n3C3CC3)c1)OC(c1ccccc1)OC2. The van der Waals surface area contributed by atoms with E-state index in [1.807, 2.05) is 30.3 Å². The number of fused-ring (bicyclic) bond motifs is 1. The third kappa shape index (κ3) is 4.34. The maximum absolute atomic E-state index is 14.4. The molecule has 172 valence electrons. The molecule has 1 unspecified atom stereocenters. The lowest BCUT2D eigenvalue weighted by Gasteiger charge is -2.28. The quantitative estimate of drug-likeness (QED) is 0.438. The second kappa shape index (κ2) is 8.99. The Hall–Kier alpha value is -2.58. The summed E-state index contributed by atoms with van der Waals surface area (Å²) in [5.41, 5.74) is 2.52. The summed E-state index contributed by atoms with van der Waals surface area (Å²) in [5, 5.41) is 10.0. The first-order chi connectivity index (χ1) is 16.3. The minimum atomic E-state index is -0.492. The molecule has 2 aliphatic heterocycles. The summed E-state index contributed by atoms with van der Waals surface area (Å²) in [6.07, 6.45) is 5.54. The number of aromatic nitrogens is 3. The van der Waals surface area contributed by atoms with Gasteiger partial charge in [-0.05, 0) is 44.2 Å². The van der Waals surface area contributed by atoms with Crippen LogP contribution in [0, 0.1) is 5.82 Å². The number of thioether (sulfide) groups is 1. The fourth-order valence-electron chi connectivity index (χ4n) is 4.63. The van der Waals surface area contributed by atoms with Crippen LogP contribution >= 0.6 is 11.8 Å². The number of rotatable bonds is 6. The Bertz CT molecular complexity index is 1130. The largest absolute Gasteiger partial charge is 0.460 e. The molecule has 1 aromatic heterocycles. The Labute approximate surface area is 197 Å². The maximum atomic E-state index is 14.4. The van der Waals surface area contributed by atoms with Gasteiger partial charge in [0.05, 0.1) is 6.61 Å². The van der Waals surface area contributed by atoms with E-state index in [4.69, 9.17) is 9.47 Å². The van der Waals surface area contributed by atoms with Crippen LogP contribution in [0.15, 0.2) is 47.6 Å². The van der Waals surface area contributed by atoms with E-state index in [1.165, 1.54) is 38.2 Å². The number of benzene rings is 2. The van der Waals surface area contributed by atoms with Gasteiger partial charge >= 0.3 is 0 Å². The minimum absolute atomic E-state index is 0.271. The Kier molecular flexibility index (Phi) is 5.72. The van der Waals surface area contributed by atoms with Crippen molar-refractivity contribution in [3.05, 3.63) is 65.0 Å². The van der Waals surface area contributed by atoms with Crippen LogP contribution in [0.2, 0.25) is 0 Å². The Morgan fingerprint density at radius 1 is 1.03 bits per heavy atom. The van der Waals surface area contributed by atoms with Gasteiger partial charge in [-0.1, -0.05) is 42.1 Å². The van der Waals surface area contributed by atoms with Gasteiger partial charge in [-0.25, -0.2) is 4.39 Å². The molecule has 1 atom stereocenters. The van der Waals surface area contributed by atoms with Gasteiger partial charge in [-0.2, -0.15) is 0 Å². The summed E-state index contributed by atoms with van der Waals surface area (Å²) < 4.78 is 28.8. The molecular weight excluding hydrogens is 439 g/mol. The molecule has 1 saturated carbocycles. The lowest BCUT2D eigenvalue weighted by Crippen LogP contribution is -2.31. The third-order valence-corrected chi connectivity index (χ3v) is 7.44. The fourth-order valence-corrected chi connectivity index (χ4v) is 5.60. The summed E-state index contributed by atoms with van der Waals surface area (Å²) in [7, 11) is 0. The van der Waals surface area contributed by atoms with Crippen LogP contribution in [0.25, 0.3) is 0 Å². The molecule has 0 N–H and O–H groups in total. The summed E-state index contributed by atoms with van der Waals surface area (Å²) in [4.78, 5) is 2.37. The smallest absolute Gasteiger partial charge is 0.228 e. The zero-order valence-electron chi connectivity index (χ0n) is 18.5. The number of hydrogen-bond acceptors (Lipinski definition) is 6. The van der Waals surface area contributed by atoms with Gasteiger partial charge in [-0.15, -0.1) is 10.2 Å². The summed E-state index contributed by atoms with van der Waals surface area (Å²) >= 11 is 1.61. The minimum Gasteiger partial charge on any atom is -0.460 e. The Morgan fingerprint density at radius 3 is 2.64 bits per heavy atom. The van der Waals surface area contributed by atoms with Crippen molar-refractivity contribution in [2.24, 2.45) is 0 Å². The topological polar surface area (TPSA) is 52.4 Å². The lowest BCUT2D eigenvalue weighted by atomic mass is 10.1. The average Bonchev–Trinajstić information content (AvgIpc) is 3.62. The molecule has 3 heterocycles. The van der Waals surface area contributed by atoms with Crippen LogP contribution < -0.4 is 9.64 Å². The number of piperidine rings is 1. The van der Waals surface area contributed by atoms with E-state index >= 15 is 0 Å². The van der Waals surface area contributed by atoms with Gasteiger partial charge in [0, 0.05) is 41.6 Å². The second-order valence-electron chi connectivity index (χ2n) is 8.94. The summed E-state index contributed by atoms with van der Waals surface area (Å²) in [6.45, 7) is 2.41. The standard InChI is InChI=1S/C25H27FN4O2S/c26-20-13-18-15-31-23(17-7-3-1-4-8-17)32-22(18)19(14-20)16-33-25-28-27-24(30(25)21-9-10-21)29-11-5-2-6-12-29/h1,3-4,7-8,13-14,21,23H,2,5-6,9-12,15-16H2. The number of halogens is 1. The van der Waals surface area contributed by atoms with Crippen molar-refractivity contribution in [1.29, 1.82) is 0 Å². The van der Waals surface area contributed by atoms with E-state index in [0.717, 1.165) is 46.6 Å². The van der Waals surface area contributed by atoms with Crippen molar-refractivity contribution in [1.82, 2.24) is 14.8 Å². The Balaban J connectivity index is 1.25. The monoisotopic (exact) mass is 466 g/mol. The molecule has 2 fully saturated rings. The molecule has 0 radical (unpaired) electrons. The highest BCUT2D eigenvalue weighted by atomic mass is 32.2. The zero-order valence-corrected chi connectivity index (χ0v) is 19.3. The van der Waals surface area contributed by atoms with Gasteiger partial charge in [0.1, 0.15) is 11.6 Å². The molecule has 8 heteroatoms. The van der Waals surface area contributed by atoms with Gasteiger partial charge < -0.3 is 14.4 Å². The highest BCUT2D eigenvalue weighted by Crippen LogP contribution is 2.43. The van der Waals surface area contributed by atoms with Crippen molar-refractivity contribution in [2.45, 2.75) is 62.0 Å². The Morgan fingerprint density at radius 2 is 1.85 bits per heavy atom. The lowest BCUT2D eigenvalue weighted by molar-refractivity contribution is -0.112. The first kappa shape index (κ1) is 21.0. The fraction of sp³-hybridized carbons (Fsp3) is 0.440. The summed E-state index contributed by atoms with van der Waals surface area (Å²) in [6, 6.07) is 13.4. The van der Waals surface area contributed by atoms with E-state index in [9.17, 15) is 4.39 Å². The predicted octanol–water partition coefficient (Wildman–Crippen LogP) is 5.64. The molecule has 2 aromatic carbocycles. The summed E-state index contributed by atoms with van der Waals surface area (Å²) in [5.74, 6) is 2.01. The molecule has 33 heavy (non-hydrogen) atoms. The van der Waals surface area contributed by atoms with E-state index in [1.54, 1.807) is 17.8 Å². The highest BCUT2D eigenvalue weighted by molar-refractivity contribution is 7.98. The highest BCUT2D eigenvalue weighted by Gasteiger charge is 2.32. The molecule has 0 bridgehead atoms. The molecular formula is C25H27FN4O2S. The van der Waals surface area contributed by atoms with Crippen LogP contribution in [0.1, 0.15) is 61.1 Å². The molecule has 0 spiro atoms. The van der Waals surface area contributed by atoms with Crippen LogP contribution in [-0.4, -0.2) is 27.9 Å². The van der Waals surface area contributed by atoms with Crippen molar-refractivity contribution in [2.75, 3.05) is 18.0 Å². The number of ether oxygens (including phenoxy) is 2. The normalized spacial score (nSPS) is 20.4. The predicted molar refractivity (Wildman–Crippen MR) is 125 cm³/mol. The van der Waals surface area contributed by atoms with Gasteiger partial charge in [0.2, 0.25) is 12.2 Å². The van der Waals surface area contributed by atoms with Crippen LogP contribution in [-0.2, 0) is 17.1 Å². The molecule has 1 aliphatic carbocycles. The molecule has 6 nitrogen and oxygen atoms in total. The van der Waals surface area contributed by atoms with E-state index in [2.05, 4.69) is 19.7 Å². The van der Waals surface area contributed by atoms with E-state index < -0.39 is 6.29 Å². The van der Waals surface area contributed by atoms with E-state index in [0.29, 0.717) is 18.4 Å². The zero-order chi connectivity index (χ0) is 22.2. The first-order valence-electron chi connectivity index (χ1n) is 11.7. The number of nitrogens with zero attached hydrogens (tertiary/aromatic N) is 4. The van der Waals surface area contributed by atoms with Gasteiger partial charge in [0.25, 0.3) is 0 Å².